The topological polar surface area (TPSA) is 113 Å². The van der Waals surface area contributed by atoms with Gasteiger partial charge in [0.25, 0.3) is 0 Å². The first-order valence-corrected chi connectivity index (χ1v) is 12.0. The summed E-state index contributed by atoms with van der Waals surface area (Å²) >= 11 is 0. The Kier molecular flexibility index (Phi) is 6.98. The summed E-state index contributed by atoms with van der Waals surface area (Å²) in [6, 6.07) is 11.5. The minimum atomic E-state index is -0.892. The Morgan fingerprint density at radius 3 is 2.56 bits per heavy atom. The molecule has 0 saturated heterocycles. The van der Waals surface area contributed by atoms with Crippen molar-refractivity contribution >= 4 is 27.8 Å². The molecule has 4 aromatic rings. The number of fused-ring (bicyclic) bond motifs is 1. The van der Waals surface area contributed by atoms with E-state index in [1.165, 1.54) is 5.56 Å². The van der Waals surface area contributed by atoms with Crippen molar-refractivity contribution in [1.29, 1.82) is 0 Å². The van der Waals surface area contributed by atoms with Crippen molar-refractivity contribution in [3.63, 3.8) is 0 Å². The molecule has 2 aromatic heterocycles. The van der Waals surface area contributed by atoms with Gasteiger partial charge in [-0.2, -0.15) is 0 Å². The largest absolute Gasteiger partial charge is 0.493 e. The van der Waals surface area contributed by atoms with Gasteiger partial charge < -0.3 is 20.1 Å². The standard InChI is InChI=1S/C25H22N2O4.C4H10O/c1-13-11-20-16(3-5-19(27-20)14(2)28)24(18(13)12-22(29)30)17-4-6-21-23-15(8-10-31-21)7-9-26-25(17)23;1-4(2,3)5/h3-7,9,11,14,28H,8,10,12H2,1-2H3,(H,29,30);5H,1-3H3. The van der Waals surface area contributed by atoms with E-state index in [1.807, 2.05) is 37.3 Å². The molecule has 1 atom stereocenters. The zero-order valence-electron chi connectivity index (χ0n) is 21.3. The fraction of sp³-hybridized carbons (Fsp3) is 0.345. The van der Waals surface area contributed by atoms with E-state index in [9.17, 15) is 15.0 Å². The van der Waals surface area contributed by atoms with Gasteiger partial charge in [0, 0.05) is 29.0 Å². The summed E-state index contributed by atoms with van der Waals surface area (Å²) in [6.07, 6.45) is 1.82. The summed E-state index contributed by atoms with van der Waals surface area (Å²) in [4.78, 5) is 21.0. The molecular formula is C29H32N2O5. The highest BCUT2D eigenvalue weighted by Gasteiger charge is 2.22. The van der Waals surface area contributed by atoms with E-state index >= 15 is 0 Å². The number of ether oxygens (including phenoxy) is 1. The molecule has 1 aliphatic heterocycles. The number of carbonyl (C=O) groups is 1. The molecule has 7 heteroatoms. The Bertz CT molecular complexity index is 1440. The highest BCUT2D eigenvalue weighted by molar-refractivity contribution is 6.07. The van der Waals surface area contributed by atoms with Crippen LogP contribution in [0.5, 0.6) is 5.75 Å². The maximum atomic E-state index is 11.7. The molecule has 7 nitrogen and oxygen atoms in total. The molecule has 1 aliphatic rings. The third-order valence-electron chi connectivity index (χ3n) is 5.94. The molecule has 3 heterocycles. The third-order valence-corrected chi connectivity index (χ3v) is 5.94. The monoisotopic (exact) mass is 488 g/mol. The SMILES string of the molecule is CC(C)(C)O.Cc1cc2nc(C(C)O)ccc2c(-c2ccc3c4c(ccnc24)CCO3)c1CC(=O)O. The fourth-order valence-electron chi connectivity index (χ4n) is 4.49. The van der Waals surface area contributed by atoms with Gasteiger partial charge in [-0.3, -0.25) is 14.8 Å². The second-order valence-electron chi connectivity index (χ2n) is 10.2. The normalized spacial score (nSPS) is 13.6. The number of hydrogen-bond donors (Lipinski definition) is 3. The van der Waals surface area contributed by atoms with Crippen LogP contribution in [0.15, 0.2) is 42.6 Å². The average molecular weight is 489 g/mol. The van der Waals surface area contributed by atoms with Gasteiger partial charge in [0.15, 0.2) is 0 Å². The summed E-state index contributed by atoms with van der Waals surface area (Å²) in [7, 11) is 0. The van der Waals surface area contributed by atoms with Crippen LogP contribution in [0.3, 0.4) is 0 Å². The van der Waals surface area contributed by atoms with Crippen LogP contribution in [-0.4, -0.2) is 43.5 Å². The number of aliphatic hydroxyl groups is 2. The van der Waals surface area contributed by atoms with E-state index in [0.29, 0.717) is 12.3 Å². The van der Waals surface area contributed by atoms with Crippen LogP contribution < -0.4 is 4.74 Å². The third kappa shape index (κ3) is 5.32. The van der Waals surface area contributed by atoms with Crippen LogP contribution in [0.25, 0.3) is 32.9 Å². The van der Waals surface area contributed by atoms with Crippen LogP contribution in [0, 0.1) is 6.92 Å². The minimum Gasteiger partial charge on any atom is -0.493 e. The molecule has 0 radical (unpaired) electrons. The van der Waals surface area contributed by atoms with Gasteiger partial charge in [0.1, 0.15) is 5.75 Å². The van der Waals surface area contributed by atoms with Gasteiger partial charge in [-0.15, -0.1) is 0 Å². The van der Waals surface area contributed by atoms with Crippen molar-refractivity contribution < 1.29 is 24.9 Å². The molecule has 0 bridgehead atoms. The van der Waals surface area contributed by atoms with E-state index in [4.69, 9.17) is 9.84 Å². The average Bonchev–Trinajstić information content (AvgIpc) is 2.79. The Morgan fingerprint density at radius 1 is 1.17 bits per heavy atom. The molecule has 5 rings (SSSR count). The second kappa shape index (κ2) is 9.84. The highest BCUT2D eigenvalue weighted by atomic mass is 16.5. The Hall–Kier alpha value is -3.55. The molecule has 1 unspecified atom stereocenters. The smallest absolute Gasteiger partial charge is 0.307 e. The number of aliphatic hydroxyl groups excluding tert-OH is 1. The second-order valence-corrected chi connectivity index (χ2v) is 10.2. The predicted octanol–water partition coefficient (Wildman–Crippen LogP) is 5.15. The van der Waals surface area contributed by atoms with Crippen LogP contribution in [-0.2, 0) is 17.6 Å². The lowest BCUT2D eigenvalue weighted by Crippen LogP contribution is -2.10. The van der Waals surface area contributed by atoms with Crippen LogP contribution in [0.2, 0.25) is 0 Å². The Labute approximate surface area is 210 Å². The maximum absolute atomic E-state index is 11.7. The molecule has 0 amide bonds. The number of aromatic nitrogens is 2. The van der Waals surface area contributed by atoms with E-state index < -0.39 is 17.7 Å². The van der Waals surface area contributed by atoms with Crippen molar-refractivity contribution in [2.75, 3.05) is 6.61 Å². The minimum absolute atomic E-state index is 0.102. The lowest BCUT2D eigenvalue weighted by Gasteiger charge is -2.21. The molecule has 188 valence electrons. The highest BCUT2D eigenvalue weighted by Crippen LogP contribution is 2.42. The number of rotatable bonds is 4. The van der Waals surface area contributed by atoms with E-state index in [2.05, 4.69) is 9.97 Å². The number of pyridine rings is 2. The van der Waals surface area contributed by atoms with E-state index in [1.54, 1.807) is 40.0 Å². The van der Waals surface area contributed by atoms with E-state index in [-0.39, 0.29) is 6.42 Å². The quantitative estimate of drug-likeness (QED) is 0.364. The van der Waals surface area contributed by atoms with Gasteiger partial charge in [0.2, 0.25) is 0 Å². The molecule has 36 heavy (non-hydrogen) atoms. The van der Waals surface area contributed by atoms with Crippen LogP contribution in [0.1, 0.15) is 56.2 Å². The molecule has 0 aliphatic carbocycles. The summed E-state index contributed by atoms with van der Waals surface area (Å²) in [6.45, 7) is 9.44. The molecule has 2 aromatic carbocycles. The number of carboxylic acids is 1. The van der Waals surface area contributed by atoms with Crippen LogP contribution in [0.4, 0.5) is 0 Å². The first-order valence-electron chi connectivity index (χ1n) is 12.0. The summed E-state index contributed by atoms with van der Waals surface area (Å²) < 4.78 is 5.86. The summed E-state index contributed by atoms with van der Waals surface area (Å²) in [5.41, 5.74) is 6.05. The lowest BCUT2D eigenvalue weighted by atomic mass is 9.87. The summed E-state index contributed by atoms with van der Waals surface area (Å²) in [5, 5.41) is 29.9. The maximum Gasteiger partial charge on any atom is 0.307 e. The van der Waals surface area contributed by atoms with Gasteiger partial charge in [-0.1, -0.05) is 6.07 Å². The van der Waals surface area contributed by atoms with Crippen molar-refractivity contribution in [3.05, 3.63) is 65.0 Å². The van der Waals surface area contributed by atoms with Crippen molar-refractivity contribution in [2.24, 2.45) is 0 Å². The van der Waals surface area contributed by atoms with Crippen LogP contribution >= 0.6 is 0 Å². The number of nitrogens with zero attached hydrogens (tertiary/aromatic N) is 2. The molecule has 0 saturated carbocycles. The molecule has 0 spiro atoms. The Balaban J connectivity index is 0.000000556. The van der Waals surface area contributed by atoms with Crippen molar-refractivity contribution in [1.82, 2.24) is 9.97 Å². The number of hydrogen-bond acceptors (Lipinski definition) is 6. The summed E-state index contributed by atoms with van der Waals surface area (Å²) in [5.74, 6) is -0.0874. The zero-order chi connectivity index (χ0) is 26.2. The molecule has 0 fully saturated rings. The molecular weight excluding hydrogens is 456 g/mol. The number of aryl methyl sites for hydroxylation is 1. The fourth-order valence-corrected chi connectivity index (χ4v) is 4.49. The van der Waals surface area contributed by atoms with Crippen molar-refractivity contribution in [3.8, 4) is 16.9 Å². The van der Waals surface area contributed by atoms with E-state index in [0.717, 1.165) is 56.2 Å². The number of benzene rings is 2. The molecule has 3 N–H and O–H groups in total. The van der Waals surface area contributed by atoms with Gasteiger partial charge in [-0.05, 0) is 87.2 Å². The van der Waals surface area contributed by atoms with Gasteiger partial charge in [0.05, 0.1) is 41.5 Å². The van der Waals surface area contributed by atoms with Crippen molar-refractivity contribution in [2.45, 2.75) is 59.2 Å². The lowest BCUT2D eigenvalue weighted by molar-refractivity contribution is -0.136. The first-order chi connectivity index (χ1) is 16.9. The van der Waals surface area contributed by atoms with Gasteiger partial charge in [-0.25, -0.2) is 0 Å². The predicted molar refractivity (Wildman–Crippen MR) is 140 cm³/mol. The Morgan fingerprint density at radius 2 is 1.89 bits per heavy atom. The number of aliphatic carboxylic acids is 1. The first kappa shape index (κ1) is 25.5. The number of carboxylic acid groups (broad SMARTS) is 1. The zero-order valence-corrected chi connectivity index (χ0v) is 21.3. The van der Waals surface area contributed by atoms with Gasteiger partial charge >= 0.3 is 5.97 Å².